The predicted molar refractivity (Wildman–Crippen MR) is 54.8 cm³/mol. The van der Waals surface area contributed by atoms with Crippen molar-refractivity contribution in [2.45, 2.75) is 43.2 Å². The van der Waals surface area contributed by atoms with Crippen LogP contribution in [-0.2, 0) is 0 Å². The SMILES string of the molecule is CCCC(Br)C(CC)S(F)(F)(F)(F)F. The van der Waals surface area contributed by atoms with Gasteiger partial charge in [-0.25, -0.2) is 0 Å². The minimum atomic E-state index is -9.33. The first-order valence-corrected chi connectivity index (χ1v) is 7.22. The molecule has 14 heavy (non-hydrogen) atoms. The molecule has 0 aromatic rings. The summed E-state index contributed by atoms with van der Waals surface area (Å²) in [5.41, 5.74) is 0. The fourth-order valence-electron chi connectivity index (χ4n) is 1.31. The molecule has 0 saturated carbocycles. The van der Waals surface area contributed by atoms with Gasteiger partial charge >= 0.3 is 0 Å². The first kappa shape index (κ1) is 14.5. The normalized spacial score (nSPS) is 22.3. The third-order valence-electron chi connectivity index (χ3n) is 1.94. The zero-order valence-electron chi connectivity index (χ0n) is 7.95. The molecule has 2 unspecified atom stereocenters. The maximum atomic E-state index is 12.4. The molecular weight excluding hydrogens is 291 g/mol. The molecule has 7 heteroatoms. The van der Waals surface area contributed by atoms with E-state index in [1.165, 1.54) is 0 Å². The van der Waals surface area contributed by atoms with Crippen molar-refractivity contribution >= 4 is 26.2 Å². The first-order chi connectivity index (χ1) is 5.92. The molecule has 0 amide bonds. The quantitative estimate of drug-likeness (QED) is 0.456. The second-order valence-corrected chi connectivity index (χ2v) is 7.12. The molecule has 0 heterocycles. The van der Waals surface area contributed by atoms with Crippen LogP contribution in [0.4, 0.5) is 19.4 Å². The van der Waals surface area contributed by atoms with Crippen LogP contribution in [0.25, 0.3) is 0 Å². The highest BCUT2D eigenvalue weighted by molar-refractivity contribution is 9.09. The van der Waals surface area contributed by atoms with Gasteiger partial charge in [-0.05, 0) is 12.8 Å². The van der Waals surface area contributed by atoms with Crippen LogP contribution in [0.3, 0.4) is 0 Å². The number of hydrogen-bond acceptors (Lipinski definition) is 0. The smallest absolute Gasteiger partial charge is 0.0975 e. The Hall–Kier alpha value is 0.480. The summed E-state index contributed by atoms with van der Waals surface area (Å²) in [5, 5.41) is -2.52. The molecule has 0 bridgehead atoms. The minimum absolute atomic E-state index is 0.101. The lowest BCUT2D eigenvalue weighted by Crippen LogP contribution is -2.32. The molecule has 0 aliphatic rings. The van der Waals surface area contributed by atoms with Gasteiger partial charge in [0.2, 0.25) is 0 Å². The Balaban J connectivity index is 4.93. The summed E-state index contributed by atoms with van der Waals surface area (Å²) in [6.45, 7) is 2.79. The Morgan fingerprint density at radius 1 is 1.07 bits per heavy atom. The fourth-order valence-corrected chi connectivity index (χ4v) is 4.69. The second kappa shape index (κ2) is 3.50. The van der Waals surface area contributed by atoms with Crippen LogP contribution in [-0.4, -0.2) is 10.1 Å². The molecule has 0 aliphatic heterocycles. The summed E-state index contributed by atoms with van der Waals surface area (Å²) in [7, 11) is -9.33. The van der Waals surface area contributed by atoms with E-state index in [-0.39, 0.29) is 6.42 Å². The van der Waals surface area contributed by atoms with E-state index >= 15 is 0 Å². The van der Waals surface area contributed by atoms with Crippen LogP contribution in [0.5, 0.6) is 0 Å². The summed E-state index contributed by atoms with van der Waals surface area (Å²) >= 11 is 2.70. The van der Waals surface area contributed by atoms with E-state index in [0.717, 1.165) is 6.92 Å². The van der Waals surface area contributed by atoms with Crippen LogP contribution < -0.4 is 0 Å². The van der Waals surface area contributed by atoms with E-state index in [2.05, 4.69) is 15.9 Å². The Morgan fingerprint density at radius 3 is 1.71 bits per heavy atom. The van der Waals surface area contributed by atoms with E-state index in [9.17, 15) is 19.4 Å². The van der Waals surface area contributed by atoms with Gasteiger partial charge in [0, 0.05) is 4.83 Å². The highest BCUT2D eigenvalue weighted by Gasteiger charge is 2.70. The topological polar surface area (TPSA) is 0 Å². The maximum absolute atomic E-state index is 12.4. The Labute approximate surface area is 89.1 Å². The average molecular weight is 305 g/mol. The molecule has 0 spiro atoms. The number of hydrogen-bond donors (Lipinski definition) is 0. The maximum Gasteiger partial charge on any atom is 0.289 e. The zero-order valence-corrected chi connectivity index (χ0v) is 10.4. The third kappa shape index (κ3) is 4.33. The van der Waals surface area contributed by atoms with Crippen molar-refractivity contribution in [3.8, 4) is 0 Å². The van der Waals surface area contributed by atoms with Crippen molar-refractivity contribution in [3.05, 3.63) is 0 Å². The van der Waals surface area contributed by atoms with Crippen LogP contribution in [0, 0.1) is 0 Å². The summed E-state index contributed by atoms with van der Waals surface area (Å²) < 4.78 is 62.1. The molecule has 0 aromatic carbocycles. The average Bonchev–Trinajstić information content (AvgIpc) is 1.81. The fraction of sp³-hybridized carbons (Fsp3) is 1.00. The van der Waals surface area contributed by atoms with E-state index in [4.69, 9.17) is 0 Å². The van der Waals surface area contributed by atoms with Gasteiger partial charge in [-0.1, -0.05) is 55.6 Å². The molecule has 2 atom stereocenters. The Kier molecular flexibility index (Phi) is 3.62. The molecule has 90 valence electrons. The molecule has 0 saturated heterocycles. The van der Waals surface area contributed by atoms with Crippen LogP contribution in [0.2, 0.25) is 0 Å². The molecule has 0 nitrogen and oxygen atoms in total. The van der Waals surface area contributed by atoms with Gasteiger partial charge in [-0.3, -0.25) is 0 Å². The number of alkyl halides is 1. The molecule has 0 aromatic heterocycles. The molecule has 0 aliphatic carbocycles. The largest absolute Gasteiger partial charge is 0.289 e. The first-order valence-electron chi connectivity index (χ1n) is 4.29. The molecule has 0 radical (unpaired) electrons. The third-order valence-corrected chi connectivity index (χ3v) is 5.19. The van der Waals surface area contributed by atoms with E-state index in [1.807, 2.05) is 0 Å². The van der Waals surface area contributed by atoms with Gasteiger partial charge in [-0.15, -0.1) is 0 Å². The van der Waals surface area contributed by atoms with Gasteiger partial charge in [0.15, 0.2) is 0 Å². The lowest BCUT2D eigenvalue weighted by Gasteiger charge is -2.48. The van der Waals surface area contributed by atoms with E-state index in [1.54, 1.807) is 6.92 Å². The Bertz CT molecular complexity index is 197. The van der Waals surface area contributed by atoms with Crippen molar-refractivity contribution in [3.63, 3.8) is 0 Å². The van der Waals surface area contributed by atoms with Crippen LogP contribution in [0.15, 0.2) is 0 Å². The summed E-state index contributed by atoms with van der Waals surface area (Å²) in [4.78, 5) is -1.19. The summed E-state index contributed by atoms with van der Waals surface area (Å²) in [6, 6.07) is 0. The highest BCUT2D eigenvalue weighted by Crippen LogP contribution is 3.01. The van der Waals surface area contributed by atoms with Crippen molar-refractivity contribution in [1.29, 1.82) is 0 Å². The summed E-state index contributed by atoms with van der Waals surface area (Å²) in [5.74, 6) is 0. The van der Waals surface area contributed by atoms with Gasteiger partial charge in [-0.2, -0.15) is 0 Å². The van der Waals surface area contributed by atoms with Crippen molar-refractivity contribution < 1.29 is 19.4 Å². The standard InChI is InChI=1S/C7H14BrF5S/c1-3-5-6(8)7(4-2)14(9,10,11,12)13/h6-7H,3-5H2,1-2H3. The monoisotopic (exact) mass is 304 g/mol. The van der Waals surface area contributed by atoms with E-state index in [0.29, 0.717) is 6.42 Å². The number of rotatable bonds is 5. The van der Waals surface area contributed by atoms with Gasteiger partial charge in [0.25, 0.3) is 10.2 Å². The molecular formula is C7H14BrF5S. The molecule has 0 rings (SSSR count). The van der Waals surface area contributed by atoms with Gasteiger partial charge < -0.3 is 0 Å². The predicted octanol–water partition coefficient (Wildman–Crippen LogP) is 5.63. The highest BCUT2D eigenvalue weighted by atomic mass is 79.9. The minimum Gasteiger partial charge on any atom is -0.0975 e. The zero-order chi connectivity index (χ0) is 11.7. The van der Waals surface area contributed by atoms with Gasteiger partial charge in [0.1, 0.15) is 5.25 Å². The van der Waals surface area contributed by atoms with Crippen LogP contribution in [0.1, 0.15) is 33.1 Å². The number of halogens is 6. The van der Waals surface area contributed by atoms with Crippen molar-refractivity contribution in [1.82, 2.24) is 0 Å². The molecule has 0 N–H and O–H groups in total. The van der Waals surface area contributed by atoms with E-state index < -0.39 is 26.7 Å². The van der Waals surface area contributed by atoms with Gasteiger partial charge in [0.05, 0.1) is 0 Å². The lowest BCUT2D eigenvalue weighted by molar-refractivity contribution is 0.335. The lowest BCUT2D eigenvalue weighted by atomic mass is 10.2. The second-order valence-electron chi connectivity index (χ2n) is 3.28. The molecule has 0 fully saturated rings. The summed E-state index contributed by atoms with van der Waals surface area (Å²) in [6.07, 6.45) is -0.0433. The Morgan fingerprint density at radius 2 is 1.50 bits per heavy atom. The van der Waals surface area contributed by atoms with Crippen molar-refractivity contribution in [2.75, 3.05) is 0 Å². The van der Waals surface area contributed by atoms with Crippen LogP contribution >= 0.6 is 26.2 Å². The van der Waals surface area contributed by atoms with Crippen molar-refractivity contribution in [2.24, 2.45) is 0 Å².